The van der Waals surface area contributed by atoms with E-state index in [0.717, 1.165) is 57.8 Å². The van der Waals surface area contributed by atoms with E-state index in [4.69, 9.17) is 4.98 Å². The Bertz CT molecular complexity index is 520. The molecule has 1 amide bonds. The summed E-state index contributed by atoms with van der Waals surface area (Å²) in [6.07, 6.45) is 7.56. The van der Waals surface area contributed by atoms with Gasteiger partial charge in [0.05, 0.1) is 10.7 Å². The number of amides is 1. The van der Waals surface area contributed by atoms with Gasteiger partial charge in [-0.05, 0) is 57.5 Å². The Morgan fingerprint density at radius 3 is 2.76 bits per heavy atom. The Morgan fingerprint density at radius 1 is 1.32 bits per heavy atom. The van der Waals surface area contributed by atoms with Crippen molar-refractivity contribution >= 4 is 42.1 Å². The van der Waals surface area contributed by atoms with Crippen LogP contribution >= 0.6 is 36.2 Å². The minimum Gasteiger partial charge on any atom is -0.342 e. The zero-order valence-electron chi connectivity index (χ0n) is 15.0. The fourth-order valence-corrected chi connectivity index (χ4v) is 4.76. The second-order valence-corrected chi connectivity index (χ2v) is 7.83. The van der Waals surface area contributed by atoms with Crippen LogP contribution in [0.25, 0.3) is 0 Å². The van der Waals surface area contributed by atoms with Crippen molar-refractivity contribution in [1.82, 2.24) is 15.2 Å². The predicted octanol–water partition coefficient (Wildman–Crippen LogP) is 4.03. The summed E-state index contributed by atoms with van der Waals surface area (Å²) in [7, 11) is 0. The van der Waals surface area contributed by atoms with E-state index in [1.165, 1.54) is 30.0 Å². The first-order valence-electron chi connectivity index (χ1n) is 9.19. The summed E-state index contributed by atoms with van der Waals surface area (Å²) in [5, 5.41) is 6.80. The minimum absolute atomic E-state index is 0. The minimum atomic E-state index is 0. The average Bonchev–Trinajstić information content (AvgIpc) is 3.10. The van der Waals surface area contributed by atoms with Crippen LogP contribution in [0, 0.1) is 5.92 Å². The van der Waals surface area contributed by atoms with Gasteiger partial charge in [-0.25, -0.2) is 4.98 Å². The fourth-order valence-electron chi connectivity index (χ4n) is 3.73. The number of carbonyl (C=O) groups is 1. The van der Waals surface area contributed by atoms with Crippen LogP contribution in [-0.4, -0.2) is 42.0 Å². The topological polar surface area (TPSA) is 45.2 Å². The summed E-state index contributed by atoms with van der Waals surface area (Å²) in [5.41, 5.74) is 1.19. The van der Waals surface area contributed by atoms with Crippen molar-refractivity contribution in [2.45, 2.75) is 57.8 Å². The largest absolute Gasteiger partial charge is 0.342 e. The van der Waals surface area contributed by atoms with Crippen LogP contribution in [-0.2, 0) is 11.2 Å². The van der Waals surface area contributed by atoms with Crippen molar-refractivity contribution in [1.29, 1.82) is 0 Å². The molecule has 0 spiro atoms. The third kappa shape index (κ3) is 6.38. The van der Waals surface area contributed by atoms with Gasteiger partial charge >= 0.3 is 0 Å². The molecule has 0 saturated carbocycles. The van der Waals surface area contributed by atoms with Gasteiger partial charge in [-0.3, -0.25) is 4.79 Å². The molecular weight excluding hydrogens is 377 g/mol. The Balaban J connectivity index is 0.00000156. The van der Waals surface area contributed by atoms with Crippen molar-refractivity contribution in [3.8, 4) is 0 Å². The maximum atomic E-state index is 12.6. The lowest BCUT2D eigenvalue weighted by Crippen LogP contribution is -2.39. The maximum absolute atomic E-state index is 12.6. The van der Waals surface area contributed by atoms with Crippen LogP contribution in [0.4, 0.5) is 0 Å². The Kier molecular flexibility index (Phi) is 10.3. The molecular formula is C18H31Cl2N3OS. The SMILES string of the molecule is CCc1csc(C2CCCN(C(=O)CCC3CCNCC3)C2)n1.Cl.Cl. The Morgan fingerprint density at radius 2 is 2.08 bits per heavy atom. The standard InChI is InChI=1S/C18H29N3OS.2ClH/c1-2-16-13-23-18(20-16)15-4-3-11-21(12-15)17(22)6-5-14-7-9-19-10-8-14;;/h13-15,19H,2-12H2,1H3;2*1H. The van der Waals surface area contributed by atoms with E-state index in [9.17, 15) is 4.79 Å². The molecule has 144 valence electrons. The van der Waals surface area contributed by atoms with Gasteiger partial charge in [0, 0.05) is 30.8 Å². The first-order chi connectivity index (χ1) is 11.3. The molecule has 4 nitrogen and oxygen atoms in total. The van der Waals surface area contributed by atoms with Crippen LogP contribution in [0.15, 0.2) is 5.38 Å². The van der Waals surface area contributed by atoms with Crippen molar-refractivity contribution < 1.29 is 4.79 Å². The van der Waals surface area contributed by atoms with Gasteiger partial charge in [0.1, 0.15) is 0 Å². The van der Waals surface area contributed by atoms with E-state index in [0.29, 0.717) is 11.8 Å². The number of likely N-dealkylation sites (tertiary alicyclic amines) is 1. The summed E-state index contributed by atoms with van der Waals surface area (Å²) in [4.78, 5) is 19.4. The maximum Gasteiger partial charge on any atom is 0.222 e. The summed E-state index contributed by atoms with van der Waals surface area (Å²) in [6.45, 7) is 6.20. The molecule has 2 saturated heterocycles. The van der Waals surface area contributed by atoms with Crippen molar-refractivity contribution in [2.75, 3.05) is 26.2 Å². The van der Waals surface area contributed by atoms with Crippen LogP contribution in [0.5, 0.6) is 0 Å². The Hall–Kier alpha value is -0.360. The molecule has 7 heteroatoms. The number of hydrogen-bond donors (Lipinski definition) is 1. The highest BCUT2D eigenvalue weighted by molar-refractivity contribution is 7.09. The highest BCUT2D eigenvalue weighted by atomic mass is 35.5. The molecule has 0 aliphatic carbocycles. The van der Waals surface area contributed by atoms with Gasteiger partial charge in [-0.2, -0.15) is 0 Å². The smallest absolute Gasteiger partial charge is 0.222 e. The zero-order chi connectivity index (χ0) is 16.1. The number of halogens is 2. The second-order valence-electron chi connectivity index (χ2n) is 6.94. The summed E-state index contributed by atoms with van der Waals surface area (Å²) in [5.74, 6) is 1.56. The van der Waals surface area contributed by atoms with Gasteiger partial charge < -0.3 is 10.2 Å². The van der Waals surface area contributed by atoms with Crippen LogP contribution < -0.4 is 5.32 Å². The lowest BCUT2D eigenvalue weighted by atomic mass is 9.92. The molecule has 1 unspecified atom stereocenters. The molecule has 0 aromatic carbocycles. The number of carbonyl (C=O) groups excluding carboxylic acids is 1. The quantitative estimate of drug-likeness (QED) is 0.800. The summed E-state index contributed by atoms with van der Waals surface area (Å²) >= 11 is 1.77. The molecule has 2 aliphatic rings. The number of rotatable bonds is 5. The number of nitrogens with zero attached hydrogens (tertiary/aromatic N) is 2. The van der Waals surface area contributed by atoms with E-state index in [-0.39, 0.29) is 24.8 Å². The first-order valence-corrected chi connectivity index (χ1v) is 10.1. The number of hydrogen-bond acceptors (Lipinski definition) is 4. The van der Waals surface area contributed by atoms with Gasteiger partial charge in [0.25, 0.3) is 0 Å². The molecule has 1 aromatic rings. The average molecular weight is 408 g/mol. The molecule has 1 N–H and O–H groups in total. The van der Waals surface area contributed by atoms with Gasteiger partial charge in [0.2, 0.25) is 5.91 Å². The third-order valence-electron chi connectivity index (χ3n) is 5.28. The summed E-state index contributed by atoms with van der Waals surface area (Å²) in [6, 6.07) is 0. The fraction of sp³-hybridized carbons (Fsp3) is 0.778. The molecule has 2 fully saturated rings. The molecule has 1 atom stereocenters. The van der Waals surface area contributed by atoms with E-state index in [1.54, 1.807) is 11.3 Å². The number of piperidine rings is 2. The molecule has 3 rings (SSSR count). The van der Waals surface area contributed by atoms with Crippen LogP contribution in [0.3, 0.4) is 0 Å². The molecule has 0 radical (unpaired) electrons. The molecule has 0 bridgehead atoms. The van der Waals surface area contributed by atoms with E-state index in [1.807, 2.05) is 0 Å². The van der Waals surface area contributed by atoms with Crippen molar-refractivity contribution in [3.63, 3.8) is 0 Å². The van der Waals surface area contributed by atoms with Gasteiger partial charge in [0.15, 0.2) is 0 Å². The van der Waals surface area contributed by atoms with Crippen LogP contribution in [0.1, 0.15) is 62.1 Å². The molecule has 25 heavy (non-hydrogen) atoms. The lowest BCUT2D eigenvalue weighted by molar-refractivity contribution is -0.132. The highest BCUT2D eigenvalue weighted by Gasteiger charge is 2.27. The summed E-state index contributed by atoms with van der Waals surface area (Å²) < 4.78 is 0. The monoisotopic (exact) mass is 407 g/mol. The predicted molar refractivity (Wildman–Crippen MR) is 109 cm³/mol. The first kappa shape index (κ1) is 22.7. The van der Waals surface area contributed by atoms with E-state index < -0.39 is 0 Å². The number of aromatic nitrogens is 1. The normalized spacial score (nSPS) is 21.3. The van der Waals surface area contributed by atoms with Gasteiger partial charge in [-0.1, -0.05) is 6.92 Å². The number of thiazole rings is 1. The van der Waals surface area contributed by atoms with E-state index >= 15 is 0 Å². The van der Waals surface area contributed by atoms with E-state index in [2.05, 4.69) is 22.5 Å². The third-order valence-corrected chi connectivity index (χ3v) is 6.34. The highest BCUT2D eigenvalue weighted by Crippen LogP contribution is 2.30. The number of aryl methyl sites for hydroxylation is 1. The lowest BCUT2D eigenvalue weighted by Gasteiger charge is -2.32. The molecule has 2 aliphatic heterocycles. The van der Waals surface area contributed by atoms with Crippen LogP contribution in [0.2, 0.25) is 0 Å². The molecule has 1 aromatic heterocycles. The van der Waals surface area contributed by atoms with Gasteiger partial charge in [-0.15, -0.1) is 36.2 Å². The molecule has 3 heterocycles. The number of nitrogens with one attached hydrogen (secondary N) is 1. The van der Waals surface area contributed by atoms with Crippen molar-refractivity contribution in [3.05, 3.63) is 16.1 Å². The van der Waals surface area contributed by atoms with Crippen molar-refractivity contribution in [2.24, 2.45) is 5.92 Å². The second kappa shape index (κ2) is 11.4. The zero-order valence-corrected chi connectivity index (χ0v) is 17.5. The Labute approximate surface area is 168 Å².